The molecule has 1 heterocycles. The highest BCUT2D eigenvalue weighted by molar-refractivity contribution is 9.10. The van der Waals surface area contributed by atoms with Crippen LogP contribution in [-0.4, -0.2) is 30.0 Å². The molecule has 0 saturated heterocycles. The van der Waals surface area contributed by atoms with Crippen molar-refractivity contribution in [2.75, 3.05) is 13.2 Å². The third-order valence-electron chi connectivity index (χ3n) is 3.71. The first-order valence-electron chi connectivity index (χ1n) is 7.53. The Labute approximate surface area is 142 Å². The molecule has 5 nitrogen and oxygen atoms in total. The number of nitrogens with zero attached hydrogens (tertiary/aromatic N) is 1. The second-order valence-corrected chi connectivity index (χ2v) is 6.70. The van der Waals surface area contributed by atoms with Crippen molar-refractivity contribution < 1.29 is 14.3 Å². The maximum absolute atomic E-state index is 12.4. The zero-order valence-electron chi connectivity index (χ0n) is 12.8. The molecule has 1 fully saturated rings. The van der Waals surface area contributed by atoms with Gasteiger partial charge in [0.1, 0.15) is 6.54 Å². The number of esters is 1. The van der Waals surface area contributed by atoms with Crippen LogP contribution >= 0.6 is 15.9 Å². The Bertz CT molecular complexity index is 772. The molecule has 0 radical (unpaired) electrons. The second kappa shape index (κ2) is 6.66. The van der Waals surface area contributed by atoms with Gasteiger partial charge in [-0.1, -0.05) is 15.9 Å². The zero-order chi connectivity index (χ0) is 16.4. The number of fused-ring (bicyclic) bond motifs is 1. The predicted molar refractivity (Wildman–Crippen MR) is 90.2 cm³/mol. The minimum atomic E-state index is -0.401. The minimum absolute atomic E-state index is 0.123. The van der Waals surface area contributed by atoms with Crippen LogP contribution in [0.15, 0.2) is 28.7 Å². The molecule has 3 rings (SSSR count). The van der Waals surface area contributed by atoms with Crippen molar-refractivity contribution >= 4 is 38.7 Å². The normalized spacial score (nSPS) is 13.8. The first-order valence-corrected chi connectivity index (χ1v) is 8.33. The van der Waals surface area contributed by atoms with Crippen LogP contribution in [0.25, 0.3) is 10.9 Å². The minimum Gasteiger partial charge on any atom is -0.464 e. The third-order valence-corrected chi connectivity index (χ3v) is 4.21. The van der Waals surface area contributed by atoms with E-state index in [1.54, 1.807) is 6.07 Å². The van der Waals surface area contributed by atoms with Gasteiger partial charge < -0.3 is 10.1 Å². The largest absolute Gasteiger partial charge is 0.464 e. The van der Waals surface area contributed by atoms with Crippen LogP contribution in [0.3, 0.4) is 0 Å². The number of aryl methyl sites for hydroxylation is 1. The van der Waals surface area contributed by atoms with Gasteiger partial charge in [-0.2, -0.15) is 0 Å². The maximum Gasteiger partial charge on any atom is 0.325 e. The molecule has 0 atom stereocenters. The van der Waals surface area contributed by atoms with Crippen LogP contribution in [0.1, 0.15) is 28.9 Å². The lowest BCUT2D eigenvalue weighted by molar-refractivity contribution is -0.142. The second-order valence-electron chi connectivity index (χ2n) is 5.78. The standard InChI is InChI=1S/C17H17BrN2O3/c1-10-6-14(13-7-12(18)4-5-15(13)20-10)17(22)19-8-16(21)23-9-11-2-3-11/h4-7,11H,2-3,8-9H2,1H3,(H,19,22). The van der Waals surface area contributed by atoms with Crippen LogP contribution in [0, 0.1) is 12.8 Å². The summed E-state index contributed by atoms with van der Waals surface area (Å²) in [5.41, 5.74) is 2.00. The zero-order valence-corrected chi connectivity index (χ0v) is 14.4. The van der Waals surface area contributed by atoms with Gasteiger partial charge in [0.05, 0.1) is 17.7 Å². The Hall–Kier alpha value is -1.95. The molecule has 0 aliphatic heterocycles. The van der Waals surface area contributed by atoms with Gasteiger partial charge in [0.2, 0.25) is 0 Å². The number of halogens is 1. The molecule has 0 spiro atoms. The smallest absolute Gasteiger partial charge is 0.325 e. The number of carbonyl (C=O) groups is 2. The van der Waals surface area contributed by atoms with Gasteiger partial charge in [-0.05, 0) is 49.9 Å². The molecule has 0 bridgehead atoms. The van der Waals surface area contributed by atoms with Crippen molar-refractivity contribution in [3.8, 4) is 0 Å². The fourth-order valence-electron chi connectivity index (χ4n) is 2.31. The molecule has 1 N–H and O–H groups in total. The van der Waals surface area contributed by atoms with Crippen molar-refractivity contribution in [1.82, 2.24) is 10.3 Å². The van der Waals surface area contributed by atoms with Crippen molar-refractivity contribution in [1.29, 1.82) is 0 Å². The van der Waals surface area contributed by atoms with Crippen molar-refractivity contribution in [2.45, 2.75) is 19.8 Å². The molecule has 1 aromatic carbocycles. The number of hydrogen-bond donors (Lipinski definition) is 1. The predicted octanol–water partition coefficient (Wildman–Crippen LogP) is 2.99. The average Bonchev–Trinajstić information content (AvgIpc) is 3.34. The van der Waals surface area contributed by atoms with Crippen molar-refractivity contribution in [3.05, 3.63) is 40.0 Å². The quantitative estimate of drug-likeness (QED) is 0.814. The highest BCUT2D eigenvalue weighted by atomic mass is 79.9. The molecule has 1 aliphatic rings. The lowest BCUT2D eigenvalue weighted by Gasteiger charge is -2.09. The van der Waals surface area contributed by atoms with E-state index >= 15 is 0 Å². The molecule has 1 amide bonds. The van der Waals surface area contributed by atoms with Gasteiger partial charge in [0, 0.05) is 15.6 Å². The number of carbonyl (C=O) groups excluding carboxylic acids is 2. The Balaban J connectivity index is 1.72. The molecule has 120 valence electrons. The van der Waals surface area contributed by atoms with Gasteiger partial charge in [0.15, 0.2) is 0 Å². The summed E-state index contributed by atoms with van der Waals surface area (Å²) in [4.78, 5) is 28.5. The average molecular weight is 377 g/mol. The van der Waals surface area contributed by atoms with E-state index in [-0.39, 0.29) is 12.5 Å². The van der Waals surface area contributed by atoms with Crippen molar-refractivity contribution in [3.63, 3.8) is 0 Å². The molecule has 23 heavy (non-hydrogen) atoms. The van der Waals surface area contributed by atoms with Gasteiger partial charge in [-0.15, -0.1) is 0 Å². The van der Waals surface area contributed by atoms with Gasteiger partial charge >= 0.3 is 5.97 Å². The van der Waals surface area contributed by atoms with E-state index in [1.807, 2.05) is 25.1 Å². The van der Waals surface area contributed by atoms with E-state index in [0.717, 1.165) is 33.9 Å². The molecular weight excluding hydrogens is 360 g/mol. The van der Waals surface area contributed by atoms with E-state index in [0.29, 0.717) is 18.1 Å². The molecular formula is C17H17BrN2O3. The summed E-state index contributed by atoms with van der Waals surface area (Å²) < 4.78 is 5.98. The highest BCUT2D eigenvalue weighted by Gasteiger charge is 2.23. The topological polar surface area (TPSA) is 68.3 Å². The summed E-state index contributed by atoms with van der Waals surface area (Å²) in [6, 6.07) is 7.31. The van der Waals surface area contributed by atoms with E-state index in [1.165, 1.54) is 0 Å². The third kappa shape index (κ3) is 4.07. The van der Waals surface area contributed by atoms with Crippen molar-refractivity contribution in [2.24, 2.45) is 5.92 Å². The SMILES string of the molecule is Cc1cc(C(=O)NCC(=O)OCC2CC2)c2cc(Br)ccc2n1. The van der Waals surface area contributed by atoms with Crippen LogP contribution in [-0.2, 0) is 9.53 Å². The maximum atomic E-state index is 12.4. The van der Waals surface area contributed by atoms with Gasteiger partial charge in [0.25, 0.3) is 5.91 Å². The Morgan fingerprint density at radius 3 is 2.87 bits per heavy atom. The number of amides is 1. The molecule has 1 saturated carbocycles. The number of aromatic nitrogens is 1. The summed E-state index contributed by atoms with van der Waals surface area (Å²) in [5.74, 6) is -0.192. The van der Waals surface area contributed by atoms with Crippen LogP contribution in [0.4, 0.5) is 0 Å². The Morgan fingerprint density at radius 1 is 1.35 bits per heavy atom. The Morgan fingerprint density at radius 2 is 2.13 bits per heavy atom. The summed E-state index contributed by atoms with van der Waals surface area (Å²) in [5, 5.41) is 3.37. The number of pyridine rings is 1. The lowest BCUT2D eigenvalue weighted by atomic mass is 10.1. The number of benzene rings is 1. The van der Waals surface area contributed by atoms with Crippen LogP contribution in [0.2, 0.25) is 0 Å². The van der Waals surface area contributed by atoms with Crippen LogP contribution < -0.4 is 5.32 Å². The summed E-state index contributed by atoms with van der Waals surface area (Å²) >= 11 is 3.40. The fourth-order valence-corrected chi connectivity index (χ4v) is 2.67. The highest BCUT2D eigenvalue weighted by Crippen LogP contribution is 2.28. The van der Waals surface area contributed by atoms with E-state index < -0.39 is 5.97 Å². The molecule has 1 aliphatic carbocycles. The van der Waals surface area contributed by atoms with Gasteiger partial charge in [-0.3, -0.25) is 14.6 Å². The molecule has 0 unspecified atom stereocenters. The summed E-state index contributed by atoms with van der Waals surface area (Å²) in [7, 11) is 0. The number of nitrogens with one attached hydrogen (secondary N) is 1. The first kappa shape index (κ1) is 15.9. The number of hydrogen-bond acceptors (Lipinski definition) is 4. The lowest BCUT2D eigenvalue weighted by Crippen LogP contribution is -2.31. The fraction of sp³-hybridized carbons (Fsp3) is 0.353. The summed E-state index contributed by atoms with van der Waals surface area (Å²) in [6.45, 7) is 2.17. The molecule has 6 heteroatoms. The Kier molecular flexibility index (Phi) is 4.61. The van der Waals surface area contributed by atoms with E-state index in [2.05, 4.69) is 26.2 Å². The number of ether oxygens (including phenoxy) is 1. The summed E-state index contributed by atoms with van der Waals surface area (Å²) in [6.07, 6.45) is 2.24. The van der Waals surface area contributed by atoms with E-state index in [9.17, 15) is 9.59 Å². The molecule has 2 aromatic rings. The molecule has 1 aromatic heterocycles. The van der Waals surface area contributed by atoms with Crippen LogP contribution in [0.5, 0.6) is 0 Å². The van der Waals surface area contributed by atoms with Gasteiger partial charge in [-0.25, -0.2) is 0 Å². The first-order chi connectivity index (χ1) is 11.0. The number of rotatable bonds is 5. The monoisotopic (exact) mass is 376 g/mol. The van der Waals surface area contributed by atoms with E-state index in [4.69, 9.17) is 4.74 Å².